The molecule has 148 valence electrons. The molecule has 2 aromatic rings. The van der Waals surface area contributed by atoms with Crippen molar-refractivity contribution >= 4 is 43.4 Å². The minimum atomic E-state index is -0.478. The molecule has 8 heteroatoms. The molecule has 1 amide bonds. The highest BCUT2D eigenvalue weighted by Gasteiger charge is 2.30. The van der Waals surface area contributed by atoms with Gasteiger partial charge in [0.15, 0.2) is 0 Å². The molecular weight excluding hydrogens is 430 g/mol. The van der Waals surface area contributed by atoms with E-state index in [2.05, 4.69) is 27.8 Å². The van der Waals surface area contributed by atoms with E-state index >= 15 is 0 Å². The van der Waals surface area contributed by atoms with Crippen LogP contribution in [-0.2, 0) is 18.3 Å². The second-order valence-corrected chi connectivity index (χ2v) is 10.1. The van der Waals surface area contributed by atoms with Crippen LogP contribution in [0.2, 0.25) is 0 Å². The summed E-state index contributed by atoms with van der Waals surface area (Å²) < 4.78 is 9.02. The van der Waals surface area contributed by atoms with Gasteiger partial charge < -0.3 is 14.2 Å². The number of thiophene rings is 1. The molecular formula is C19H26BrN3O3S. The summed E-state index contributed by atoms with van der Waals surface area (Å²) >= 11 is 5.21. The van der Waals surface area contributed by atoms with Gasteiger partial charge in [-0.05, 0) is 49.7 Å². The molecule has 2 aromatic heterocycles. The van der Waals surface area contributed by atoms with E-state index in [0.717, 1.165) is 32.5 Å². The Labute approximate surface area is 171 Å². The standard InChI is InChI=1S/C19H26BrN3O3S/c1-12-9-23(18(25)26-19(2,3)4)7-6-22(12)10-13-8-14-16(27-13)15(20)11-21(5)17(14)24/h8,11-12H,6-7,9-10H2,1-5H3/t12-/m1/s1. The highest BCUT2D eigenvalue weighted by molar-refractivity contribution is 9.10. The van der Waals surface area contributed by atoms with Crippen LogP contribution in [0.25, 0.3) is 10.1 Å². The minimum Gasteiger partial charge on any atom is -0.444 e. The summed E-state index contributed by atoms with van der Waals surface area (Å²) in [5, 5.41) is 0.756. The van der Waals surface area contributed by atoms with Crippen LogP contribution < -0.4 is 5.56 Å². The summed E-state index contributed by atoms with van der Waals surface area (Å²) in [6.45, 7) is 10.6. The molecule has 1 aliphatic rings. The SMILES string of the molecule is C[C@@H]1CN(C(=O)OC(C)(C)C)CCN1Cc1cc2c(=O)n(C)cc(Br)c2s1. The zero-order valence-electron chi connectivity index (χ0n) is 16.4. The van der Waals surface area contributed by atoms with Gasteiger partial charge in [-0.2, -0.15) is 0 Å². The number of ether oxygens (including phenoxy) is 1. The van der Waals surface area contributed by atoms with Gasteiger partial charge in [0.05, 0.1) is 14.6 Å². The zero-order valence-corrected chi connectivity index (χ0v) is 18.8. The Bertz CT molecular complexity index is 915. The number of piperazine rings is 1. The van der Waals surface area contributed by atoms with Crippen LogP contribution >= 0.6 is 27.3 Å². The average molecular weight is 456 g/mol. The van der Waals surface area contributed by atoms with Crippen LogP contribution in [-0.4, -0.2) is 51.7 Å². The Morgan fingerprint density at radius 3 is 2.70 bits per heavy atom. The van der Waals surface area contributed by atoms with Crippen molar-refractivity contribution in [3.8, 4) is 0 Å². The first-order chi connectivity index (χ1) is 12.5. The number of halogens is 1. The molecule has 3 heterocycles. The maximum Gasteiger partial charge on any atom is 0.410 e. The molecule has 1 saturated heterocycles. The number of carbonyl (C=O) groups is 1. The van der Waals surface area contributed by atoms with Crippen LogP contribution in [0.5, 0.6) is 0 Å². The van der Waals surface area contributed by atoms with Crippen LogP contribution in [0.3, 0.4) is 0 Å². The minimum absolute atomic E-state index is 0.0264. The fourth-order valence-electron chi connectivity index (χ4n) is 3.26. The van der Waals surface area contributed by atoms with Crippen LogP contribution in [0, 0.1) is 0 Å². The van der Waals surface area contributed by atoms with E-state index in [1.54, 1.807) is 27.9 Å². The number of amides is 1. The molecule has 6 nitrogen and oxygen atoms in total. The van der Waals surface area contributed by atoms with Crippen molar-refractivity contribution in [3.63, 3.8) is 0 Å². The van der Waals surface area contributed by atoms with E-state index in [1.165, 1.54) is 0 Å². The molecule has 0 spiro atoms. The quantitative estimate of drug-likeness (QED) is 0.690. The van der Waals surface area contributed by atoms with Gasteiger partial charge >= 0.3 is 6.09 Å². The summed E-state index contributed by atoms with van der Waals surface area (Å²) in [4.78, 5) is 29.9. The van der Waals surface area contributed by atoms with Crippen LogP contribution in [0.15, 0.2) is 21.5 Å². The molecule has 3 rings (SSSR count). The Morgan fingerprint density at radius 2 is 2.07 bits per heavy atom. The molecule has 0 unspecified atom stereocenters. The Kier molecular flexibility index (Phi) is 5.70. The van der Waals surface area contributed by atoms with Gasteiger partial charge in [0.25, 0.3) is 5.56 Å². The molecule has 0 radical (unpaired) electrons. The molecule has 1 aliphatic heterocycles. The van der Waals surface area contributed by atoms with Gasteiger partial charge in [-0.15, -0.1) is 11.3 Å². The Balaban J connectivity index is 1.70. The summed E-state index contributed by atoms with van der Waals surface area (Å²) in [5.41, 5.74) is -0.452. The van der Waals surface area contributed by atoms with Crippen molar-refractivity contribution in [1.29, 1.82) is 0 Å². The molecule has 0 saturated carbocycles. The zero-order chi connectivity index (χ0) is 19.9. The summed E-state index contributed by atoms with van der Waals surface area (Å²) in [6.07, 6.45) is 1.57. The van der Waals surface area contributed by atoms with E-state index in [4.69, 9.17) is 4.74 Å². The molecule has 0 aliphatic carbocycles. The highest BCUT2D eigenvalue weighted by atomic mass is 79.9. The third-order valence-corrected chi connectivity index (χ3v) is 6.65. The van der Waals surface area contributed by atoms with E-state index in [0.29, 0.717) is 13.1 Å². The number of fused-ring (bicyclic) bond motifs is 1. The lowest BCUT2D eigenvalue weighted by Gasteiger charge is -2.40. The number of carbonyl (C=O) groups excluding carboxylic acids is 1. The normalized spacial score (nSPS) is 18.9. The lowest BCUT2D eigenvalue weighted by atomic mass is 10.2. The second-order valence-electron chi connectivity index (χ2n) is 8.09. The number of pyridine rings is 1. The van der Waals surface area contributed by atoms with Gasteiger partial charge in [-0.3, -0.25) is 9.69 Å². The number of hydrogen-bond donors (Lipinski definition) is 0. The van der Waals surface area contributed by atoms with Gasteiger partial charge in [0.1, 0.15) is 5.60 Å². The summed E-state index contributed by atoms with van der Waals surface area (Å²) in [7, 11) is 1.77. The lowest BCUT2D eigenvalue weighted by Crippen LogP contribution is -2.53. The number of aromatic nitrogens is 1. The Morgan fingerprint density at radius 1 is 1.37 bits per heavy atom. The maximum atomic E-state index is 12.4. The summed E-state index contributed by atoms with van der Waals surface area (Å²) in [5.74, 6) is 0. The lowest BCUT2D eigenvalue weighted by molar-refractivity contribution is 0.00475. The van der Waals surface area contributed by atoms with Crippen molar-refractivity contribution < 1.29 is 9.53 Å². The van der Waals surface area contributed by atoms with E-state index in [9.17, 15) is 9.59 Å². The fourth-order valence-corrected chi connectivity index (χ4v) is 5.10. The van der Waals surface area contributed by atoms with E-state index in [1.807, 2.05) is 33.0 Å². The van der Waals surface area contributed by atoms with Crippen molar-refractivity contribution in [3.05, 3.63) is 32.0 Å². The smallest absolute Gasteiger partial charge is 0.410 e. The van der Waals surface area contributed by atoms with Gasteiger partial charge in [0.2, 0.25) is 0 Å². The highest BCUT2D eigenvalue weighted by Crippen LogP contribution is 2.31. The predicted molar refractivity (Wildman–Crippen MR) is 112 cm³/mol. The van der Waals surface area contributed by atoms with E-state index in [-0.39, 0.29) is 17.7 Å². The molecule has 0 N–H and O–H groups in total. The maximum absolute atomic E-state index is 12.4. The average Bonchev–Trinajstić information content (AvgIpc) is 2.97. The number of rotatable bonds is 2. The first-order valence-electron chi connectivity index (χ1n) is 9.04. The van der Waals surface area contributed by atoms with Crippen molar-refractivity contribution in [2.24, 2.45) is 7.05 Å². The monoisotopic (exact) mass is 455 g/mol. The second kappa shape index (κ2) is 7.56. The van der Waals surface area contributed by atoms with E-state index < -0.39 is 5.60 Å². The summed E-state index contributed by atoms with van der Waals surface area (Å²) in [6, 6.07) is 2.22. The Hall–Kier alpha value is -1.38. The van der Waals surface area contributed by atoms with Gasteiger partial charge in [0, 0.05) is 50.3 Å². The third-order valence-electron chi connectivity index (χ3n) is 4.63. The van der Waals surface area contributed by atoms with Crippen molar-refractivity contribution in [2.45, 2.75) is 45.9 Å². The van der Waals surface area contributed by atoms with Crippen LogP contribution in [0.4, 0.5) is 4.79 Å². The molecule has 0 bridgehead atoms. The molecule has 0 aromatic carbocycles. The fraction of sp³-hybridized carbons (Fsp3) is 0.579. The van der Waals surface area contributed by atoms with Gasteiger partial charge in [-0.25, -0.2) is 4.79 Å². The first kappa shape index (κ1) is 20.4. The molecule has 1 atom stereocenters. The van der Waals surface area contributed by atoms with Crippen molar-refractivity contribution in [2.75, 3.05) is 19.6 Å². The number of nitrogens with zero attached hydrogens (tertiary/aromatic N) is 3. The number of hydrogen-bond acceptors (Lipinski definition) is 5. The van der Waals surface area contributed by atoms with Crippen molar-refractivity contribution in [1.82, 2.24) is 14.4 Å². The number of aryl methyl sites for hydroxylation is 1. The first-order valence-corrected chi connectivity index (χ1v) is 10.7. The van der Waals surface area contributed by atoms with Gasteiger partial charge in [-0.1, -0.05) is 0 Å². The largest absolute Gasteiger partial charge is 0.444 e. The topological polar surface area (TPSA) is 54.8 Å². The predicted octanol–water partition coefficient (Wildman–Crippen LogP) is 3.80. The molecule has 1 fully saturated rings. The van der Waals surface area contributed by atoms with Crippen LogP contribution in [0.1, 0.15) is 32.6 Å². The molecule has 27 heavy (non-hydrogen) atoms. The third kappa shape index (κ3) is 4.55.